The molecule has 0 fully saturated rings. The van der Waals surface area contributed by atoms with E-state index in [4.69, 9.17) is 9.15 Å². The van der Waals surface area contributed by atoms with Gasteiger partial charge in [-0.25, -0.2) is 0 Å². The van der Waals surface area contributed by atoms with Gasteiger partial charge < -0.3 is 14.1 Å². The van der Waals surface area contributed by atoms with E-state index < -0.39 is 6.04 Å². The van der Waals surface area contributed by atoms with Gasteiger partial charge >= 0.3 is 0 Å². The lowest BCUT2D eigenvalue weighted by Gasteiger charge is -2.25. The fourth-order valence-corrected chi connectivity index (χ4v) is 3.85. The third-order valence-electron chi connectivity index (χ3n) is 5.26. The van der Waals surface area contributed by atoms with Crippen LogP contribution in [0.15, 0.2) is 57.7 Å². The summed E-state index contributed by atoms with van der Waals surface area (Å²) >= 11 is 0. The van der Waals surface area contributed by atoms with Crippen LogP contribution in [-0.4, -0.2) is 30.1 Å². The third-order valence-corrected chi connectivity index (χ3v) is 5.26. The average Bonchev–Trinajstić information content (AvgIpc) is 2.98. The Morgan fingerprint density at radius 3 is 2.52 bits per heavy atom. The van der Waals surface area contributed by atoms with Crippen molar-refractivity contribution in [1.82, 2.24) is 4.90 Å². The number of aryl methyl sites for hydroxylation is 1. The quantitative estimate of drug-likeness (QED) is 0.582. The largest absolute Gasteiger partial charge is 0.450 e. The van der Waals surface area contributed by atoms with Crippen LogP contribution in [0.5, 0.6) is 0 Å². The van der Waals surface area contributed by atoms with E-state index >= 15 is 0 Å². The van der Waals surface area contributed by atoms with Crippen molar-refractivity contribution in [3.05, 3.63) is 81.2 Å². The molecule has 0 bridgehead atoms. The molecule has 5 heteroatoms. The maximum Gasteiger partial charge on any atom is 0.290 e. The maximum atomic E-state index is 13.3. The van der Waals surface area contributed by atoms with Gasteiger partial charge in [0.15, 0.2) is 5.43 Å². The van der Waals surface area contributed by atoms with E-state index in [2.05, 4.69) is 0 Å². The van der Waals surface area contributed by atoms with Crippen molar-refractivity contribution in [2.24, 2.45) is 0 Å². The van der Waals surface area contributed by atoms with Crippen molar-refractivity contribution in [2.75, 3.05) is 13.2 Å². The van der Waals surface area contributed by atoms with E-state index in [9.17, 15) is 9.59 Å². The topological polar surface area (TPSA) is 59.8 Å². The summed E-state index contributed by atoms with van der Waals surface area (Å²) in [4.78, 5) is 28.3. The molecule has 3 aromatic rings. The Bertz CT molecular complexity index is 1100. The molecule has 0 saturated carbocycles. The maximum absolute atomic E-state index is 13.3. The SMILES string of the molecule is Cc1ccc(C2c3c(oc4ccccc4c3=O)C(=O)N2CCCOC(C)C)cc1. The molecule has 1 aliphatic rings. The number of nitrogens with zero attached hydrogens (tertiary/aromatic N) is 1. The van der Waals surface area contributed by atoms with Crippen LogP contribution < -0.4 is 5.43 Å². The Morgan fingerprint density at radius 2 is 1.79 bits per heavy atom. The van der Waals surface area contributed by atoms with Crippen LogP contribution in [0, 0.1) is 6.92 Å². The van der Waals surface area contributed by atoms with Gasteiger partial charge in [-0.3, -0.25) is 9.59 Å². The Hall–Kier alpha value is -2.92. The van der Waals surface area contributed by atoms with Crippen molar-refractivity contribution in [3.8, 4) is 0 Å². The lowest BCUT2D eigenvalue weighted by molar-refractivity contribution is 0.0593. The molecule has 4 rings (SSSR count). The van der Waals surface area contributed by atoms with E-state index in [1.54, 1.807) is 23.1 Å². The smallest absolute Gasteiger partial charge is 0.290 e. The summed E-state index contributed by atoms with van der Waals surface area (Å²) in [6.07, 6.45) is 0.830. The van der Waals surface area contributed by atoms with E-state index in [0.717, 1.165) is 11.1 Å². The summed E-state index contributed by atoms with van der Waals surface area (Å²) < 4.78 is 11.6. The number of rotatable bonds is 6. The molecule has 2 heterocycles. The first-order valence-corrected chi connectivity index (χ1v) is 10.0. The number of carbonyl (C=O) groups excluding carboxylic acids is 1. The van der Waals surface area contributed by atoms with Crippen LogP contribution in [0.2, 0.25) is 0 Å². The number of benzene rings is 2. The zero-order valence-electron chi connectivity index (χ0n) is 17.0. The fraction of sp³-hybridized carbons (Fsp3) is 0.333. The number of hydrogen-bond donors (Lipinski definition) is 0. The Balaban J connectivity index is 1.79. The summed E-state index contributed by atoms with van der Waals surface area (Å²) in [5, 5.41) is 0.501. The molecule has 1 amide bonds. The minimum absolute atomic E-state index is 0.137. The van der Waals surface area contributed by atoms with Crippen molar-refractivity contribution < 1.29 is 13.9 Å². The lowest BCUT2D eigenvalue weighted by Crippen LogP contribution is -2.31. The molecule has 2 aromatic carbocycles. The van der Waals surface area contributed by atoms with Gasteiger partial charge in [0.05, 0.1) is 23.1 Å². The highest BCUT2D eigenvalue weighted by molar-refractivity contribution is 5.99. The van der Waals surface area contributed by atoms with Gasteiger partial charge in [0, 0.05) is 13.2 Å². The summed E-state index contributed by atoms with van der Waals surface area (Å²) in [7, 11) is 0. The molecule has 5 nitrogen and oxygen atoms in total. The van der Waals surface area contributed by atoms with Crippen LogP contribution in [-0.2, 0) is 4.74 Å². The Morgan fingerprint density at radius 1 is 1.07 bits per heavy atom. The summed E-state index contributed by atoms with van der Waals surface area (Å²) in [5.74, 6) is -0.0815. The summed E-state index contributed by atoms with van der Waals surface area (Å²) in [5.41, 5.74) is 2.78. The Labute approximate surface area is 169 Å². The van der Waals surface area contributed by atoms with Crippen molar-refractivity contribution in [3.63, 3.8) is 0 Å². The molecular weight excluding hydrogens is 366 g/mol. The third kappa shape index (κ3) is 3.58. The number of fused-ring (bicyclic) bond motifs is 2. The molecule has 29 heavy (non-hydrogen) atoms. The average molecular weight is 391 g/mol. The normalized spacial score (nSPS) is 16.1. The standard InChI is InChI=1S/C24H25NO4/c1-15(2)28-14-6-13-25-21(17-11-9-16(3)10-12-17)20-22(26)18-7-4-5-8-19(18)29-23(20)24(25)27/h4-5,7-12,15,21H,6,13-14H2,1-3H3. The van der Waals surface area contributed by atoms with Crippen molar-refractivity contribution in [1.29, 1.82) is 0 Å². The zero-order valence-corrected chi connectivity index (χ0v) is 17.0. The number of carbonyl (C=O) groups is 1. The van der Waals surface area contributed by atoms with Gasteiger partial charge in [-0.1, -0.05) is 42.0 Å². The number of para-hydroxylation sites is 1. The van der Waals surface area contributed by atoms with Crippen LogP contribution in [0.3, 0.4) is 0 Å². The second kappa shape index (κ2) is 7.84. The monoisotopic (exact) mass is 391 g/mol. The second-order valence-electron chi connectivity index (χ2n) is 7.76. The molecule has 1 aromatic heterocycles. The van der Waals surface area contributed by atoms with Gasteiger partial charge in [0.25, 0.3) is 5.91 Å². The van der Waals surface area contributed by atoms with Gasteiger partial charge in [-0.15, -0.1) is 0 Å². The predicted octanol–water partition coefficient (Wildman–Crippen LogP) is 4.46. The van der Waals surface area contributed by atoms with Crippen molar-refractivity contribution >= 4 is 16.9 Å². The van der Waals surface area contributed by atoms with Gasteiger partial charge in [-0.2, -0.15) is 0 Å². The summed E-state index contributed by atoms with van der Waals surface area (Å²) in [6, 6.07) is 14.6. The molecule has 0 aliphatic carbocycles. The highest BCUT2D eigenvalue weighted by atomic mass is 16.5. The highest BCUT2D eigenvalue weighted by Crippen LogP contribution is 2.38. The van der Waals surface area contributed by atoms with E-state index in [1.165, 1.54) is 0 Å². The first-order chi connectivity index (χ1) is 14.0. The van der Waals surface area contributed by atoms with E-state index in [0.29, 0.717) is 36.1 Å². The molecule has 0 N–H and O–H groups in total. The number of hydrogen-bond acceptors (Lipinski definition) is 4. The predicted molar refractivity (Wildman–Crippen MR) is 112 cm³/mol. The minimum atomic E-state index is -0.446. The van der Waals surface area contributed by atoms with Gasteiger partial charge in [0.2, 0.25) is 5.76 Å². The van der Waals surface area contributed by atoms with Crippen LogP contribution in [0.25, 0.3) is 11.0 Å². The second-order valence-corrected chi connectivity index (χ2v) is 7.76. The molecule has 150 valence electrons. The van der Waals surface area contributed by atoms with Crippen molar-refractivity contribution in [2.45, 2.75) is 39.3 Å². The molecule has 1 atom stereocenters. The Kier molecular flexibility index (Phi) is 5.24. The number of ether oxygens (including phenoxy) is 1. The van der Waals surface area contributed by atoms with Gasteiger partial charge in [0.1, 0.15) is 5.58 Å². The van der Waals surface area contributed by atoms with Crippen LogP contribution in [0.4, 0.5) is 0 Å². The van der Waals surface area contributed by atoms with E-state index in [-0.39, 0.29) is 23.2 Å². The molecule has 1 aliphatic heterocycles. The molecule has 0 radical (unpaired) electrons. The lowest BCUT2D eigenvalue weighted by atomic mass is 9.97. The minimum Gasteiger partial charge on any atom is -0.450 e. The molecule has 1 unspecified atom stereocenters. The summed E-state index contributed by atoms with van der Waals surface area (Å²) in [6.45, 7) is 7.03. The first kappa shape index (κ1) is 19.4. The van der Waals surface area contributed by atoms with Crippen LogP contribution in [0.1, 0.15) is 53.6 Å². The van der Waals surface area contributed by atoms with Gasteiger partial charge in [-0.05, 0) is 44.9 Å². The fourth-order valence-electron chi connectivity index (χ4n) is 3.85. The highest BCUT2D eigenvalue weighted by Gasteiger charge is 2.42. The van der Waals surface area contributed by atoms with Crippen LogP contribution >= 0.6 is 0 Å². The number of amides is 1. The molecule has 0 saturated heterocycles. The molecular formula is C24H25NO4. The molecule has 0 spiro atoms. The van der Waals surface area contributed by atoms with E-state index in [1.807, 2.05) is 51.1 Å². The zero-order chi connectivity index (χ0) is 20.5. The first-order valence-electron chi connectivity index (χ1n) is 10.0.